The zero-order valence-corrected chi connectivity index (χ0v) is 5.44. The van der Waals surface area contributed by atoms with Crippen molar-refractivity contribution in [1.82, 2.24) is 0 Å². The molecular weight excluding hydrogens is 144 g/mol. The van der Waals surface area contributed by atoms with Gasteiger partial charge in [-0.3, -0.25) is 4.99 Å². The van der Waals surface area contributed by atoms with E-state index in [1.54, 1.807) is 0 Å². The molecule has 0 fully saturated rings. The Bertz CT molecular complexity index is 46.8. The van der Waals surface area contributed by atoms with Crippen LogP contribution in [-0.4, -0.2) is 11.7 Å². The van der Waals surface area contributed by atoms with Crippen molar-refractivity contribution in [2.75, 3.05) is 7.05 Å². The minimum atomic E-state index is 0. The lowest BCUT2D eigenvalue weighted by molar-refractivity contribution is 1.48. The number of nitrogens with zero attached hydrogens (tertiary/aromatic N) is 1. The van der Waals surface area contributed by atoms with E-state index in [1.807, 2.05) is 0 Å². The van der Waals surface area contributed by atoms with Crippen LogP contribution >= 0.6 is 35.6 Å². The van der Waals surface area contributed by atoms with Crippen molar-refractivity contribution >= 4 is 40.2 Å². The average Bonchev–Trinajstić information content (AvgIpc) is 1.38. The Kier molecular flexibility index (Phi) is 8.99. The SMILES string of the molecule is CN=C(Cl)Cl.Cl. The standard InChI is InChI=1S/C2H3Cl2N.ClH/c1-5-2(3)4;/h1H3;1H. The number of aliphatic imine (C=N–C) groups is 1. The van der Waals surface area contributed by atoms with Crippen LogP contribution in [0.3, 0.4) is 0 Å². The molecule has 0 aromatic carbocycles. The van der Waals surface area contributed by atoms with Gasteiger partial charge < -0.3 is 0 Å². The van der Waals surface area contributed by atoms with Crippen LogP contribution in [0.25, 0.3) is 0 Å². The molecule has 0 aliphatic heterocycles. The maximum Gasteiger partial charge on any atom is 0.191 e. The summed E-state index contributed by atoms with van der Waals surface area (Å²) in [6.07, 6.45) is 0. The van der Waals surface area contributed by atoms with Crippen LogP contribution in [0.5, 0.6) is 0 Å². The highest BCUT2D eigenvalue weighted by Crippen LogP contribution is 1.86. The Morgan fingerprint density at radius 1 is 1.50 bits per heavy atom. The van der Waals surface area contributed by atoms with Gasteiger partial charge >= 0.3 is 0 Å². The van der Waals surface area contributed by atoms with Gasteiger partial charge in [0.1, 0.15) is 0 Å². The van der Waals surface area contributed by atoms with E-state index >= 15 is 0 Å². The summed E-state index contributed by atoms with van der Waals surface area (Å²) >= 11 is 9.96. The average molecular weight is 148 g/mol. The predicted octanol–water partition coefficient (Wildman–Crippen LogP) is 1.87. The quantitative estimate of drug-likeness (QED) is 0.465. The fraction of sp³-hybridized carbons (Fsp3) is 0.500. The molecule has 0 aliphatic carbocycles. The predicted molar refractivity (Wildman–Crippen MR) is 32.3 cm³/mol. The summed E-state index contributed by atoms with van der Waals surface area (Å²) in [4.78, 5) is 3.34. The van der Waals surface area contributed by atoms with Crippen LogP contribution in [0.1, 0.15) is 0 Å². The highest BCUT2D eigenvalue weighted by atomic mass is 35.5. The molecule has 0 spiro atoms. The van der Waals surface area contributed by atoms with Crippen LogP contribution in [0.2, 0.25) is 0 Å². The molecule has 0 aliphatic rings. The van der Waals surface area contributed by atoms with Gasteiger partial charge in [-0.25, -0.2) is 0 Å². The molecule has 0 N–H and O–H groups in total. The lowest BCUT2D eigenvalue weighted by Crippen LogP contribution is -1.61. The van der Waals surface area contributed by atoms with Gasteiger partial charge in [-0.15, -0.1) is 12.4 Å². The van der Waals surface area contributed by atoms with Crippen LogP contribution in [-0.2, 0) is 0 Å². The second-order valence-electron chi connectivity index (χ2n) is 0.464. The highest BCUT2D eigenvalue weighted by molar-refractivity contribution is 6.95. The van der Waals surface area contributed by atoms with Crippen molar-refractivity contribution in [3.63, 3.8) is 0 Å². The van der Waals surface area contributed by atoms with Crippen molar-refractivity contribution in [3.05, 3.63) is 0 Å². The monoisotopic (exact) mass is 147 g/mol. The molecule has 0 heterocycles. The first kappa shape index (κ1) is 9.74. The lowest BCUT2D eigenvalue weighted by atomic mass is 11.4. The summed E-state index contributed by atoms with van der Waals surface area (Å²) in [7, 11) is 1.52. The highest BCUT2D eigenvalue weighted by Gasteiger charge is 1.70. The second kappa shape index (κ2) is 5.54. The van der Waals surface area contributed by atoms with Crippen molar-refractivity contribution in [2.24, 2.45) is 4.99 Å². The third-order valence-corrected chi connectivity index (χ3v) is 0.507. The molecule has 0 unspecified atom stereocenters. The summed E-state index contributed by atoms with van der Waals surface area (Å²) in [5.41, 5.74) is 0. The van der Waals surface area contributed by atoms with E-state index in [0.29, 0.717) is 0 Å². The smallest absolute Gasteiger partial charge is 0.191 e. The number of halogens is 3. The number of rotatable bonds is 0. The first-order chi connectivity index (χ1) is 2.27. The molecule has 38 valence electrons. The molecule has 0 amide bonds. The molecule has 0 bridgehead atoms. The van der Waals surface area contributed by atoms with Crippen molar-refractivity contribution in [3.8, 4) is 0 Å². The third kappa shape index (κ3) is 8.82. The minimum absolute atomic E-state index is 0. The molecule has 4 heteroatoms. The Hall–Kier alpha value is 0.540. The molecule has 0 aromatic rings. The molecule has 0 aromatic heterocycles. The Labute approximate surface area is 52.8 Å². The van der Waals surface area contributed by atoms with Crippen LogP contribution in [0.15, 0.2) is 4.99 Å². The van der Waals surface area contributed by atoms with Gasteiger partial charge in [0, 0.05) is 7.05 Å². The van der Waals surface area contributed by atoms with E-state index in [1.165, 1.54) is 7.05 Å². The summed E-state index contributed by atoms with van der Waals surface area (Å²) in [5.74, 6) is 0. The lowest BCUT2D eigenvalue weighted by Gasteiger charge is -1.66. The van der Waals surface area contributed by atoms with Gasteiger partial charge in [-0.1, -0.05) is 0 Å². The van der Waals surface area contributed by atoms with Crippen molar-refractivity contribution < 1.29 is 0 Å². The minimum Gasteiger partial charge on any atom is -0.266 e. The van der Waals surface area contributed by atoms with Gasteiger partial charge in [0.05, 0.1) is 0 Å². The fourth-order valence-corrected chi connectivity index (χ4v) is 0. The van der Waals surface area contributed by atoms with E-state index in [0.717, 1.165) is 0 Å². The second-order valence-corrected chi connectivity index (χ2v) is 1.37. The van der Waals surface area contributed by atoms with E-state index in [-0.39, 0.29) is 17.0 Å². The normalized spacial score (nSPS) is 5.83. The van der Waals surface area contributed by atoms with E-state index in [4.69, 9.17) is 23.2 Å². The third-order valence-electron chi connectivity index (χ3n) is 0.169. The largest absolute Gasteiger partial charge is 0.266 e. The zero-order chi connectivity index (χ0) is 4.28. The van der Waals surface area contributed by atoms with Gasteiger partial charge in [0.25, 0.3) is 0 Å². The van der Waals surface area contributed by atoms with E-state index in [2.05, 4.69) is 4.99 Å². The first-order valence-electron chi connectivity index (χ1n) is 1.05. The van der Waals surface area contributed by atoms with Crippen LogP contribution < -0.4 is 0 Å². The number of hydrogen-bond donors (Lipinski definition) is 0. The zero-order valence-electron chi connectivity index (χ0n) is 3.11. The summed E-state index contributed by atoms with van der Waals surface area (Å²) in [6, 6.07) is 0. The Balaban J connectivity index is 0. The van der Waals surface area contributed by atoms with E-state index in [9.17, 15) is 0 Å². The molecule has 0 radical (unpaired) electrons. The topological polar surface area (TPSA) is 12.4 Å². The molecule has 1 nitrogen and oxygen atoms in total. The molecule has 0 rings (SSSR count). The summed E-state index contributed by atoms with van der Waals surface area (Å²) in [6.45, 7) is 0. The maximum atomic E-state index is 4.98. The van der Waals surface area contributed by atoms with Gasteiger partial charge in [-0.2, -0.15) is 0 Å². The van der Waals surface area contributed by atoms with Crippen molar-refractivity contribution in [2.45, 2.75) is 0 Å². The van der Waals surface area contributed by atoms with Gasteiger partial charge in [-0.05, 0) is 23.2 Å². The van der Waals surface area contributed by atoms with Crippen LogP contribution in [0.4, 0.5) is 0 Å². The molecule has 0 atom stereocenters. The summed E-state index contributed by atoms with van der Waals surface area (Å²) in [5, 5.41) is 0. The molecule has 0 saturated carbocycles. The Morgan fingerprint density at radius 3 is 1.67 bits per heavy atom. The molecular formula is C2H4Cl3N. The van der Waals surface area contributed by atoms with Crippen molar-refractivity contribution in [1.29, 1.82) is 0 Å². The fourth-order valence-electron chi connectivity index (χ4n) is 0. The summed E-state index contributed by atoms with van der Waals surface area (Å²) < 4.78 is 0.0741. The van der Waals surface area contributed by atoms with Gasteiger partial charge in [0.15, 0.2) is 4.63 Å². The number of hydrogen-bond acceptors (Lipinski definition) is 1. The van der Waals surface area contributed by atoms with Crippen LogP contribution in [0, 0.1) is 0 Å². The molecule has 0 saturated heterocycles. The first-order valence-corrected chi connectivity index (χ1v) is 1.80. The molecule has 6 heavy (non-hydrogen) atoms. The van der Waals surface area contributed by atoms with Gasteiger partial charge in [0.2, 0.25) is 0 Å². The maximum absolute atomic E-state index is 4.98. The Morgan fingerprint density at radius 2 is 1.67 bits per heavy atom. The van der Waals surface area contributed by atoms with E-state index < -0.39 is 0 Å².